The van der Waals surface area contributed by atoms with Crippen molar-refractivity contribution in [2.75, 3.05) is 63.3 Å². The Morgan fingerprint density at radius 1 is 1.13 bits per heavy atom. The van der Waals surface area contributed by atoms with E-state index in [1.54, 1.807) is 32.0 Å². The summed E-state index contributed by atoms with van der Waals surface area (Å²) in [5, 5.41) is 3.17. The minimum Gasteiger partial charge on any atom is -0.479 e. The summed E-state index contributed by atoms with van der Waals surface area (Å²) in [5.41, 5.74) is 9.27. The number of imidazole rings is 1. The predicted molar refractivity (Wildman–Crippen MR) is 142 cm³/mol. The number of ether oxygens (including phenoxy) is 1. The van der Waals surface area contributed by atoms with E-state index >= 15 is 0 Å². The number of nitrogens with zero attached hydrogens (tertiary/aromatic N) is 8. The SMILES string of the molecule is COc1ncc(Nc2nc3ccc(N4CCN(C(=O)N(C)C)CC4)cn3c2-c2cc(N)nc(C)n2)cc1F. The quantitative estimate of drug-likeness (QED) is 0.408. The number of aryl methyl sites for hydroxylation is 1. The van der Waals surface area contributed by atoms with E-state index in [4.69, 9.17) is 15.5 Å². The molecule has 0 aromatic carbocycles. The highest BCUT2D eigenvalue weighted by molar-refractivity contribution is 5.79. The van der Waals surface area contributed by atoms with E-state index in [9.17, 15) is 9.18 Å². The summed E-state index contributed by atoms with van der Waals surface area (Å²) in [4.78, 5) is 35.5. The van der Waals surface area contributed by atoms with Crippen LogP contribution in [0.5, 0.6) is 5.88 Å². The molecule has 13 heteroatoms. The monoisotopic (exact) mass is 520 g/mol. The van der Waals surface area contributed by atoms with Crippen molar-refractivity contribution in [1.82, 2.24) is 34.1 Å². The number of nitrogens with two attached hydrogens (primary N) is 1. The van der Waals surface area contributed by atoms with Crippen LogP contribution >= 0.6 is 0 Å². The number of nitrogen functional groups attached to an aromatic ring is 1. The topological polar surface area (TPSA) is 130 Å². The zero-order chi connectivity index (χ0) is 27.0. The van der Waals surface area contributed by atoms with Crippen LogP contribution in [0, 0.1) is 12.7 Å². The van der Waals surface area contributed by atoms with Crippen LogP contribution in [0.4, 0.5) is 32.2 Å². The number of anilines is 4. The Morgan fingerprint density at radius 2 is 1.89 bits per heavy atom. The van der Waals surface area contributed by atoms with Gasteiger partial charge >= 0.3 is 6.03 Å². The summed E-state index contributed by atoms with van der Waals surface area (Å²) in [5.74, 6) is 0.591. The van der Waals surface area contributed by atoms with Crippen LogP contribution in [0.2, 0.25) is 0 Å². The van der Waals surface area contributed by atoms with E-state index in [1.165, 1.54) is 19.4 Å². The number of aromatic nitrogens is 5. The lowest BCUT2D eigenvalue weighted by atomic mass is 10.2. The molecular weight excluding hydrogens is 491 g/mol. The van der Waals surface area contributed by atoms with Gasteiger partial charge in [0.05, 0.1) is 30.4 Å². The van der Waals surface area contributed by atoms with Crippen LogP contribution in [0.25, 0.3) is 17.0 Å². The van der Waals surface area contributed by atoms with Crippen molar-refractivity contribution in [2.45, 2.75) is 6.92 Å². The van der Waals surface area contributed by atoms with Crippen molar-refractivity contribution in [2.24, 2.45) is 0 Å². The van der Waals surface area contributed by atoms with Gasteiger partial charge in [0.2, 0.25) is 5.88 Å². The Bertz CT molecular complexity index is 1480. The van der Waals surface area contributed by atoms with Crippen LogP contribution < -0.4 is 20.7 Å². The van der Waals surface area contributed by atoms with Gasteiger partial charge in [-0.2, -0.15) is 0 Å². The molecule has 3 N–H and O–H groups in total. The Kier molecular flexibility index (Phi) is 6.57. The molecule has 2 amide bonds. The zero-order valence-corrected chi connectivity index (χ0v) is 21.6. The largest absolute Gasteiger partial charge is 0.479 e. The number of rotatable bonds is 5. The van der Waals surface area contributed by atoms with Crippen molar-refractivity contribution in [3.05, 3.63) is 48.3 Å². The first-order valence-corrected chi connectivity index (χ1v) is 12.0. The third kappa shape index (κ3) is 4.82. The highest BCUT2D eigenvalue weighted by Crippen LogP contribution is 2.33. The summed E-state index contributed by atoms with van der Waals surface area (Å²) >= 11 is 0. The molecule has 0 aliphatic carbocycles. The standard InChI is InChI=1S/C25H29FN10O2/c1-15-29-19(12-20(27)30-15)22-23(31-16-11-18(26)24(38-4)28-13-16)32-21-6-5-17(14-36(21)22)34-7-9-35(10-8-34)25(37)33(2)3/h5-6,11-14,31H,7-10H2,1-4H3,(H2,27,29,30). The molecule has 1 saturated heterocycles. The fourth-order valence-corrected chi connectivity index (χ4v) is 4.48. The molecule has 4 aromatic rings. The van der Waals surface area contributed by atoms with Crippen molar-refractivity contribution < 1.29 is 13.9 Å². The third-order valence-corrected chi connectivity index (χ3v) is 6.26. The molecule has 38 heavy (non-hydrogen) atoms. The average molecular weight is 521 g/mol. The van der Waals surface area contributed by atoms with E-state index in [2.05, 4.69) is 25.2 Å². The number of methoxy groups -OCH3 is 1. The Balaban J connectivity index is 1.54. The van der Waals surface area contributed by atoms with E-state index < -0.39 is 5.82 Å². The van der Waals surface area contributed by atoms with Gasteiger partial charge in [-0.3, -0.25) is 4.40 Å². The molecular formula is C25H29FN10O2. The van der Waals surface area contributed by atoms with Gasteiger partial charge in [-0.1, -0.05) is 0 Å². The van der Waals surface area contributed by atoms with Crippen LogP contribution in [0.15, 0.2) is 36.7 Å². The minimum absolute atomic E-state index is 0.00823. The summed E-state index contributed by atoms with van der Waals surface area (Å²) in [6, 6.07) is 6.87. The van der Waals surface area contributed by atoms with Crippen LogP contribution in [-0.2, 0) is 0 Å². The molecule has 1 aliphatic heterocycles. The molecule has 1 fully saturated rings. The zero-order valence-electron chi connectivity index (χ0n) is 21.6. The van der Waals surface area contributed by atoms with Crippen molar-refractivity contribution in [3.8, 4) is 17.3 Å². The van der Waals surface area contributed by atoms with Gasteiger partial charge < -0.3 is 30.5 Å². The third-order valence-electron chi connectivity index (χ3n) is 6.26. The van der Waals surface area contributed by atoms with E-state index in [0.29, 0.717) is 66.4 Å². The minimum atomic E-state index is -0.598. The number of amides is 2. The second-order valence-electron chi connectivity index (χ2n) is 9.14. The summed E-state index contributed by atoms with van der Waals surface area (Å²) < 4.78 is 21.2. The first-order chi connectivity index (χ1) is 18.2. The number of hydrogen-bond acceptors (Lipinski definition) is 9. The number of hydrogen-bond donors (Lipinski definition) is 2. The van der Waals surface area contributed by atoms with Gasteiger partial charge in [-0.15, -0.1) is 0 Å². The smallest absolute Gasteiger partial charge is 0.319 e. The maximum Gasteiger partial charge on any atom is 0.319 e. The Labute approximate surface area is 218 Å². The van der Waals surface area contributed by atoms with Crippen molar-refractivity contribution in [3.63, 3.8) is 0 Å². The number of pyridine rings is 2. The molecule has 0 atom stereocenters. The molecule has 5 heterocycles. The predicted octanol–water partition coefficient (Wildman–Crippen LogP) is 2.77. The Morgan fingerprint density at radius 3 is 2.55 bits per heavy atom. The molecule has 0 spiro atoms. The second-order valence-corrected chi connectivity index (χ2v) is 9.14. The van der Waals surface area contributed by atoms with Crippen molar-refractivity contribution in [1.29, 1.82) is 0 Å². The first-order valence-electron chi connectivity index (χ1n) is 12.0. The fourth-order valence-electron chi connectivity index (χ4n) is 4.48. The first kappa shape index (κ1) is 25.0. The highest BCUT2D eigenvalue weighted by Gasteiger charge is 2.24. The highest BCUT2D eigenvalue weighted by atomic mass is 19.1. The average Bonchev–Trinajstić information content (AvgIpc) is 3.24. The molecule has 0 bridgehead atoms. The van der Waals surface area contributed by atoms with Gasteiger partial charge in [0, 0.05) is 58.6 Å². The molecule has 1 aliphatic rings. The normalized spacial score (nSPS) is 13.6. The molecule has 5 rings (SSSR count). The van der Waals surface area contributed by atoms with Gasteiger partial charge in [-0.05, 0) is 19.1 Å². The molecule has 4 aromatic heterocycles. The lowest BCUT2D eigenvalue weighted by Gasteiger charge is -2.37. The van der Waals surface area contributed by atoms with Gasteiger partial charge in [0.1, 0.15) is 23.0 Å². The fraction of sp³-hybridized carbons (Fsp3) is 0.320. The Hall–Kier alpha value is -4.68. The number of carbonyl (C=O) groups is 1. The number of nitrogens with one attached hydrogen (secondary N) is 1. The lowest BCUT2D eigenvalue weighted by molar-refractivity contribution is 0.168. The maximum atomic E-state index is 14.3. The second kappa shape index (κ2) is 10.00. The number of carbonyl (C=O) groups excluding carboxylic acids is 1. The van der Waals surface area contributed by atoms with Gasteiger partial charge in [0.15, 0.2) is 11.6 Å². The molecule has 12 nitrogen and oxygen atoms in total. The van der Waals surface area contributed by atoms with Crippen LogP contribution in [-0.4, -0.2) is 87.6 Å². The lowest BCUT2D eigenvalue weighted by Crippen LogP contribution is -2.51. The van der Waals surface area contributed by atoms with E-state index in [1.807, 2.05) is 27.6 Å². The van der Waals surface area contributed by atoms with Gasteiger partial charge in [0.25, 0.3) is 0 Å². The molecule has 0 radical (unpaired) electrons. The number of urea groups is 1. The maximum absolute atomic E-state index is 14.3. The van der Waals surface area contributed by atoms with Gasteiger partial charge in [-0.25, -0.2) is 29.1 Å². The summed E-state index contributed by atoms with van der Waals surface area (Å²) in [6.07, 6.45) is 3.45. The molecule has 0 saturated carbocycles. The van der Waals surface area contributed by atoms with Crippen LogP contribution in [0.1, 0.15) is 5.82 Å². The number of halogens is 1. The van der Waals surface area contributed by atoms with Crippen molar-refractivity contribution >= 4 is 34.7 Å². The van der Waals surface area contributed by atoms with Crippen LogP contribution in [0.3, 0.4) is 0 Å². The van der Waals surface area contributed by atoms with E-state index in [0.717, 1.165) is 5.69 Å². The number of fused-ring (bicyclic) bond motifs is 1. The van der Waals surface area contributed by atoms with E-state index in [-0.39, 0.29) is 11.9 Å². The number of piperazine rings is 1. The summed E-state index contributed by atoms with van der Waals surface area (Å²) in [7, 11) is 4.87. The molecule has 0 unspecified atom stereocenters. The summed E-state index contributed by atoms with van der Waals surface area (Å²) in [6.45, 7) is 4.39. The molecule has 198 valence electrons.